The summed E-state index contributed by atoms with van der Waals surface area (Å²) in [5.74, 6) is -0.373. The number of primary amides is 1. The van der Waals surface area contributed by atoms with E-state index in [1.165, 1.54) is 17.0 Å². The summed E-state index contributed by atoms with van der Waals surface area (Å²) in [6.45, 7) is 1.56. The van der Waals surface area contributed by atoms with Gasteiger partial charge in [0.25, 0.3) is 0 Å². The maximum absolute atomic E-state index is 12.7. The smallest absolute Gasteiger partial charge is 0.315 e. The van der Waals surface area contributed by atoms with E-state index < -0.39 is 6.03 Å². The van der Waals surface area contributed by atoms with Crippen LogP contribution >= 0.6 is 0 Å². The molecule has 0 aromatic heterocycles. The molecule has 102 valence electrons. The third-order valence-electron chi connectivity index (χ3n) is 3.21. The molecule has 3 amide bonds. The molecular weight excluding hydrogens is 249 g/mol. The molecular formula is C13H16FN3O2. The van der Waals surface area contributed by atoms with Gasteiger partial charge in [0.1, 0.15) is 12.4 Å². The molecule has 1 aliphatic heterocycles. The fourth-order valence-electron chi connectivity index (χ4n) is 2.05. The van der Waals surface area contributed by atoms with Crippen molar-refractivity contribution in [3.63, 3.8) is 0 Å². The summed E-state index contributed by atoms with van der Waals surface area (Å²) in [5, 5.41) is 0. The summed E-state index contributed by atoms with van der Waals surface area (Å²) in [6.07, 6.45) is 0.669. The van der Waals surface area contributed by atoms with E-state index in [9.17, 15) is 14.0 Å². The molecule has 0 atom stereocenters. The molecule has 0 unspecified atom stereocenters. The lowest BCUT2D eigenvalue weighted by molar-refractivity contribution is -0.134. The second-order valence-corrected chi connectivity index (χ2v) is 4.52. The number of piperazine rings is 1. The van der Waals surface area contributed by atoms with Crippen LogP contribution in [0.2, 0.25) is 0 Å². The first-order valence-corrected chi connectivity index (χ1v) is 6.13. The third kappa shape index (κ3) is 3.43. The summed E-state index contributed by atoms with van der Waals surface area (Å²) in [4.78, 5) is 25.8. The average molecular weight is 265 g/mol. The Hall–Kier alpha value is -2.11. The predicted octanol–water partition coefficient (Wildman–Crippen LogP) is 0.591. The Bertz CT molecular complexity index is 475. The zero-order valence-corrected chi connectivity index (χ0v) is 10.5. The summed E-state index contributed by atoms with van der Waals surface area (Å²) in [7, 11) is 0. The number of halogens is 1. The Morgan fingerprint density at radius 1 is 1.26 bits per heavy atom. The molecule has 2 N–H and O–H groups in total. The van der Waals surface area contributed by atoms with Crippen LogP contribution in [0.5, 0.6) is 0 Å². The van der Waals surface area contributed by atoms with Crippen molar-refractivity contribution in [1.82, 2.24) is 9.80 Å². The molecule has 0 radical (unpaired) electrons. The molecule has 2 rings (SSSR count). The first-order chi connectivity index (χ1) is 9.06. The second kappa shape index (κ2) is 5.69. The molecule has 1 fully saturated rings. The van der Waals surface area contributed by atoms with E-state index in [2.05, 4.69) is 0 Å². The van der Waals surface area contributed by atoms with E-state index in [-0.39, 0.29) is 18.3 Å². The number of hydrogen-bond donors (Lipinski definition) is 1. The number of carbonyl (C=O) groups excluding carboxylic acids is 2. The maximum Gasteiger partial charge on any atom is 0.315 e. The van der Waals surface area contributed by atoms with Crippen LogP contribution in [0.15, 0.2) is 24.3 Å². The SMILES string of the molecule is NC(=O)N1CCN(CCc2ccc(F)cc2)C(=O)C1. The lowest BCUT2D eigenvalue weighted by atomic mass is 10.1. The van der Waals surface area contributed by atoms with Crippen LogP contribution in [0.3, 0.4) is 0 Å². The molecule has 1 heterocycles. The monoisotopic (exact) mass is 265 g/mol. The number of carbonyl (C=O) groups is 2. The zero-order valence-electron chi connectivity index (χ0n) is 10.5. The molecule has 0 aliphatic carbocycles. The minimum absolute atomic E-state index is 0.0404. The summed E-state index contributed by atoms with van der Waals surface area (Å²) in [5.41, 5.74) is 6.11. The fraction of sp³-hybridized carbons (Fsp3) is 0.385. The van der Waals surface area contributed by atoms with Gasteiger partial charge in [-0.15, -0.1) is 0 Å². The van der Waals surface area contributed by atoms with Gasteiger partial charge in [-0.05, 0) is 24.1 Å². The van der Waals surface area contributed by atoms with Crippen molar-refractivity contribution in [2.45, 2.75) is 6.42 Å². The Balaban J connectivity index is 1.85. The van der Waals surface area contributed by atoms with Gasteiger partial charge in [-0.2, -0.15) is 0 Å². The largest absolute Gasteiger partial charge is 0.351 e. The van der Waals surface area contributed by atoms with Gasteiger partial charge in [-0.25, -0.2) is 9.18 Å². The Morgan fingerprint density at radius 3 is 2.53 bits per heavy atom. The summed E-state index contributed by atoms with van der Waals surface area (Å²) in [6, 6.07) is 5.66. The Morgan fingerprint density at radius 2 is 1.95 bits per heavy atom. The normalized spacial score (nSPS) is 15.7. The predicted molar refractivity (Wildman–Crippen MR) is 67.8 cm³/mol. The van der Waals surface area contributed by atoms with Crippen molar-refractivity contribution >= 4 is 11.9 Å². The molecule has 0 spiro atoms. The molecule has 0 saturated carbocycles. The van der Waals surface area contributed by atoms with Crippen LogP contribution in [0.4, 0.5) is 9.18 Å². The summed E-state index contributed by atoms with van der Waals surface area (Å²) >= 11 is 0. The van der Waals surface area contributed by atoms with Crippen molar-refractivity contribution in [2.75, 3.05) is 26.2 Å². The van der Waals surface area contributed by atoms with E-state index >= 15 is 0 Å². The van der Waals surface area contributed by atoms with Gasteiger partial charge < -0.3 is 15.5 Å². The average Bonchev–Trinajstić information content (AvgIpc) is 2.39. The van der Waals surface area contributed by atoms with Gasteiger partial charge >= 0.3 is 6.03 Å². The fourth-order valence-corrected chi connectivity index (χ4v) is 2.05. The number of rotatable bonds is 3. The van der Waals surface area contributed by atoms with Crippen molar-refractivity contribution in [2.24, 2.45) is 5.73 Å². The van der Waals surface area contributed by atoms with E-state index in [1.807, 2.05) is 0 Å². The maximum atomic E-state index is 12.7. The molecule has 19 heavy (non-hydrogen) atoms. The molecule has 5 nitrogen and oxygen atoms in total. The highest BCUT2D eigenvalue weighted by molar-refractivity contribution is 5.84. The molecule has 1 aromatic carbocycles. The highest BCUT2D eigenvalue weighted by atomic mass is 19.1. The van der Waals surface area contributed by atoms with E-state index in [0.29, 0.717) is 26.1 Å². The molecule has 6 heteroatoms. The lowest BCUT2D eigenvalue weighted by Gasteiger charge is -2.33. The van der Waals surface area contributed by atoms with Crippen LogP contribution in [0.1, 0.15) is 5.56 Å². The lowest BCUT2D eigenvalue weighted by Crippen LogP contribution is -2.53. The topological polar surface area (TPSA) is 66.6 Å². The van der Waals surface area contributed by atoms with Crippen molar-refractivity contribution in [3.05, 3.63) is 35.6 Å². The number of benzene rings is 1. The minimum Gasteiger partial charge on any atom is -0.351 e. The van der Waals surface area contributed by atoms with Crippen LogP contribution in [0, 0.1) is 5.82 Å². The zero-order chi connectivity index (χ0) is 13.8. The molecule has 0 bridgehead atoms. The minimum atomic E-state index is -0.563. The first-order valence-electron chi connectivity index (χ1n) is 6.13. The molecule has 1 aliphatic rings. The van der Waals surface area contributed by atoms with Crippen LogP contribution in [0.25, 0.3) is 0 Å². The standard InChI is InChI=1S/C13H16FN3O2/c14-11-3-1-10(2-4-11)5-6-16-7-8-17(13(15)19)9-12(16)18/h1-4H,5-9H2,(H2,15,19). The van der Waals surface area contributed by atoms with Crippen molar-refractivity contribution < 1.29 is 14.0 Å². The first kappa shape index (κ1) is 13.3. The molecule has 1 aromatic rings. The van der Waals surface area contributed by atoms with Crippen LogP contribution in [-0.4, -0.2) is 47.9 Å². The highest BCUT2D eigenvalue weighted by Crippen LogP contribution is 2.07. The van der Waals surface area contributed by atoms with E-state index in [4.69, 9.17) is 5.73 Å². The van der Waals surface area contributed by atoms with E-state index in [0.717, 1.165) is 5.56 Å². The van der Waals surface area contributed by atoms with Crippen molar-refractivity contribution in [1.29, 1.82) is 0 Å². The van der Waals surface area contributed by atoms with Gasteiger partial charge in [0, 0.05) is 19.6 Å². The number of nitrogens with two attached hydrogens (primary N) is 1. The van der Waals surface area contributed by atoms with Crippen molar-refractivity contribution in [3.8, 4) is 0 Å². The highest BCUT2D eigenvalue weighted by Gasteiger charge is 2.25. The molecule has 1 saturated heterocycles. The Labute approximate surface area is 110 Å². The number of nitrogens with zero attached hydrogens (tertiary/aromatic N) is 2. The van der Waals surface area contributed by atoms with Crippen LogP contribution < -0.4 is 5.73 Å². The van der Waals surface area contributed by atoms with Gasteiger partial charge in [-0.3, -0.25) is 4.79 Å². The Kier molecular flexibility index (Phi) is 3.99. The quantitative estimate of drug-likeness (QED) is 0.869. The number of amides is 3. The van der Waals surface area contributed by atoms with E-state index in [1.54, 1.807) is 17.0 Å². The third-order valence-corrected chi connectivity index (χ3v) is 3.21. The number of urea groups is 1. The van der Waals surface area contributed by atoms with Gasteiger partial charge in [-0.1, -0.05) is 12.1 Å². The van der Waals surface area contributed by atoms with Crippen LogP contribution in [-0.2, 0) is 11.2 Å². The number of hydrogen-bond acceptors (Lipinski definition) is 2. The van der Waals surface area contributed by atoms with Gasteiger partial charge in [0.05, 0.1) is 0 Å². The van der Waals surface area contributed by atoms with Gasteiger partial charge in [0.2, 0.25) is 5.91 Å². The summed E-state index contributed by atoms with van der Waals surface area (Å²) < 4.78 is 12.7. The van der Waals surface area contributed by atoms with Gasteiger partial charge in [0.15, 0.2) is 0 Å². The second-order valence-electron chi connectivity index (χ2n) is 4.52.